The molecule has 0 aliphatic rings. The molecular weight excluding hydrogens is 380 g/mol. The molecule has 0 spiro atoms. The highest BCUT2D eigenvalue weighted by molar-refractivity contribution is 7.13. The van der Waals surface area contributed by atoms with E-state index in [1.165, 1.54) is 11.3 Å². The van der Waals surface area contributed by atoms with Crippen LogP contribution in [0.5, 0.6) is 0 Å². The summed E-state index contributed by atoms with van der Waals surface area (Å²) in [5.41, 5.74) is 4.01. The van der Waals surface area contributed by atoms with Gasteiger partial charge in [0.2, 0.25) is 0 Å². The standard InChI is InChI=1S/C20H21ClN4OS/c1-12-7-13(15-8-17(21)25-24-10-15)5-6-14(12)9-22-18(26)16-11-23-19(27-16)20(2,3)4/h5-8,10-11H,9H2,1-4H3,(H,22,26). The van der Waals surface area contributed by atoms with Crippen molar-refractivity contribution in [2.45, 2.75) is 39.7 Å². The Balaban J connectivity index is 1.69. The number of aryl methyl sites for hydroxylation is 1. The molecule has 0 saturated heterocycles. The number of carbonyl (C=O) groups excluding carboxylic acids is 1. The molecule has 7 heteroatoms. The summed E-state index contributed by atoms with van der Waals surface area (Å²) >= 11 is 7.35. The molecule has 0 saturated carbocycles. The zero-order chi connectivity index (χ0) is 19.6. The number of rotatable bonds is 4. The lowest BCUT2D eigenvalue weighted by Gasteiger charge is -2.13. The van der Waals surface area contributed by atoms with Crippen molar-refractivity contribution in [1.29, 1.82) is 0 Å². The molecule has 140 valence electrons. The van der Waals surface area contributed by atoms with Crippen LogP contribution in [0.3, 0.4) is 0 Å². The van der Waals surface area contributed by atoms with Crippen molar-refractivity contribution in [2.24, 2.45) is 0 Å². The lowest BCUT2D eigenvalue weighted by atomic mass is 9.98. The lowest BCUT2D eigenvalue weighted by Crippen LogP contribution is -2.22. The molecule has 0 aliphatic carbocycles. The van der Waals surface area contributed by atoms with E-state index in [0.29, 0.717) is 16.6 Å². The van der Waals surface area contributed by atoms with Gasteiger partial charge in [-0.15, -0.1) is 16.4 Å². The van der Waals surface area contributed by atoms with E-state index in [2.05, 4.69) is 47.3 Å². The fourth-order valence-electron chi connectivity index (χ4n) is 2.56. The van der Waals surface area contributed by atoms with E-state index in [-0.39, 0.29) is 11.3 Å². The molecule has 3 aromatic rings. The Morgan fingerprint density at radius 2 is 1.96 bits per heavy atom. The van der Waals surface area contributed by atoms with Crippen molar-refractivity contribution in [3.05, 3.63) is 62.8 Å². The molecule has 2 heterocycles. The van der Waals surface area contributed by atoms with Crippen LogP contribution in [0.1, 0.15) is 46.6 Å². The summed E-state index contributed by atoms with van der Waals surface area (Å²) in [4.78, 5) is 17.4. The summed E-state index contributed by atoms with van der Waals surface area (Å²) in [7, 11) is 0. The molecule has 27 heavy (non-hydrogen) atoms. The van der Waals surface area contributed by atoms with Crippen LogP contribution in [-0.4, -0.2) is 21.1 Å². The first kappa shape index (κ1) is 19.5. The summed E-state index contributed by atoms with van der Waals surface area (Å²) in [6.07, 6.45) is 3.33. The molecule has 1 N–H and O–H groups in total. The van der Waals surface area contributed by atoms with Crippen molar-refractivity contribution in [2.75, 3.05) is 0 Å². The number of thiazole rings is 1. The van der Waals surface area contributed by atoms with Gasteiger partial charge in [-0.05, 0) is 29.7 Å². The van der Waals surface area contributed by atoms with E-state index in [4.69, 9.17) is 11.6 Å². The first-order valence-electron chi connectivity index (χ1n) is 8.56. The van der Waals surface area contributed by atoms with Gasteiger partial charge in [-0.25, -0.2) is 4.98 Å². The zero-order valence-electron chi connectivity index (χ0n) is 15.7. The average molecular weight is 401 g/mol. The van der Waals surface area contributed by atoms with Crippen LogP contribution in [0.15, 0.2) is 36.7 Å². The maximum absolute atomic E-state index is 12.4. The predicted octanol–water partition coefficient (Wildman–Crippen LogP) is 4.79. The zero-order valence-corrected chi connectivity index (χ0v) is 17.3. The highest BCUT2D eigenvalue weighted by Crippen LogP contribution is 2.27. The van der Waals surface area contributed by atoms with Gasteiger partial charge in [-0.1, -0.05) is 50.6 Å². The van der Waals surface area contributed by atoms with E-state index in [1.807, 2.05) is 19.1 Å². The van der Waals surface area contributed by atoms with Crippen LogP contribution in [0.2, 0.25) is 5.15 Å². The molecule has 1 aromatic carbocycles. The molecular formula is C20H21ClN4OS. The number of nitrogens with one attached hydrogen (secondary N) is 1. The van der Waals surface area contributed by atoms with E-state index >= 15 is 0 Å². The van der Waals surface area contributed by atoms with Gasteiger partial charge in [0, 0.05) is 17.5 Å². The van der Waals surface area contributed by atoms with E-state index in [1.54, 1.807) is 18.5 Å². The van der Waals surface area contributed by atoms with Crippen molar-refractivity contribution >= 4 is 28.8 Å². The molecule has 0 atom stereocenters. The van der Waals surface area contributed by atoms with Gasteiger partial charge in [0.25, 0.3) is 5.91 Å². The quantitative estimate of drug-likeness (QED) is 0.683. The maximum Gasteiger partial charge on any atom is 0.263 e. The van der Waals surface area contributed by atoms with Gasteiger partial charge in [0.05, 0.1) is 17.4 Å². The van der Waals surface area contributed by atoms with E-state index < -0.39 is 0 Å². The molecule has 0 fully saturated rings. The van der Waals surface area contributed by atoms with Crippen LogP contribution in [0, 0.1) is 6.92 Å². The van der Waals surface area contributed by atoms with Crippen molar-refractivity contribution < 1.29 is 4.79 Å². The summed E-state index contributed by atoms with van der Waals surface area (Å²) < 4.78 is 0. The molecule has 5 nitrogen and oxygen atoms in total. The molecule has 3 rings (SSSR count). The molecule has 0 bridgehead atoms. The van der Waals surface area contributed by atoms with Gasteiger partial charge in [0.15, 0.2) is 5.15 Å². The monoisotopic (exact) mass is 400 g/mol. The fourth-order valence-corrected chi connectivity index (χ4v) is 3.61. The number of aromatic nitrogens is 3. The minimum Gasteiger partial charge on any atom is -0.347 e. The third kappa shape index (κ3) is 4.70. The highest BCUT2D eigenvalue weighted by atomic mass is 35.5. The van der Waals surface area contributed by atoms with Crippen LogP contribution in [0.4, 0.5) is 0 Å². The Morgan fingerprint density at radius 3 is 2.59 bits per heavy atom. The normalized spacial score (nSPS) is 11.4. The van der Waals surface area contributed by atoms with Crippen LogP contribution in [0.25, 0.3) is 11.1 Å². The number of amides is 1. The van der Waals surface area contributed by atoms with Crippen LogP contribution < -0.4 is 5.32 Å². The van der Waals surface area contributed by atoms with Gasteiger partial charge in [-0.2, -0.15) is 5.10 Å². The van der Waals surface area contributed by atoms with Crippen molar-refractivity contribution in [3.63, 3.8) is 0 Å². The van der Waals surface area contributed by atoms with Gasteiger partial charge < -0.3 is 5.32 Å². The lowest BCUT2D eigenvalue weighted by molar-refractivity contribution is 0.0954. The molecule has 2 aromatic heterocycles. The third-order valence-corrected chi connectivity index (χ3v) is 5.72. The summed E-state index contributed by atoms with van der Waals surface area (Å²) in [6, 6.07) is 7.83. The molecule has 0 unspecified atom stereocenters. The molecule has 1 amide bonds. The Labute approximate surface area is 167 Å². The molecule has 0 radical (unpaired) electrons. The number of carbonyl (C=O) groups is 1. The summed E-state index contributed by atoms with van der Waals surface area (Å²) in [5.74, 6) is -0.100. The topological polar surface area (TPSA) is 67.8 Å². The Kier molecular flexibility index (Phi) is 5.58. The summed E-state index contributed by atoms with van der Waals surface area (Å²) in [5, 5.41) is 11.9. The Morgan fingerprint density at radius 1 is 1.19 bits per heavy atom. The smallest absolute Gasteiger partial charge is 0.263 e. The molecule has 0 aliphatic heterocycles. The van der Waals surface area contributed by atoms with E-state index in [0.717, 1.165) is 27.3 Å². The largest absolute Gasteiger partial charge is 0.347 e. The van der Waals surface area contributed by atoms with Crippen molar-refractivity contribution in [1.82, 2.24) is 20.5 Å². The second-order valence-electron chi connectivity index (χ2n) is 7.37. The minimum atomic E-state index is -0.100. The number of benzene rings is 1. The maximum atomic E-state index is 12.4. The van der Waals surface area contributed by atoms with Gasteiger partial charge in [0.1, 0.15) is 4.88 Å². The first-order valence-corrected chi connectivity index (χ1v) is 9.76. The number of hydrogen-bond donors (Lipinski definition) is 1. The van der Waals surface area contributed by atoms with Gasteiger partial charge in [-0.3, -0.25) is 4.79 Å². The predicted molar refractivity (Wildman–Crippen MR) is 109 cm³/mol. The second kappa shape index (κ2) is 7.74. The van der Waals surface area contributed by atoms with Crippen LogP contribution >= 0.6 is 22.9 Å². The second-order valence-corrected chi connectivity index (χ2v) is 8.79. The Hall–Kier alpha value is -2.31. The first-order chi connectivity index (χ1) is 12.7. The Bertz CT molecular complexity index is 978. The van der Waals surface area contributed by atoms with E-state index in [9.17, 15) is 4.79 Å². The highest BCUT2D eigenvalue weighted by Gasteiger charge is 2.20. The average Bonchev–Trinajstić information content (AvgIpc) is 3.11. The van der Waals surface area contributed by atoms with Crippen molar-refractivity contribution in [3.8, 4) is 11.1 Å². The minimum absolute atomic E-state index is 0.0552. The number of nitrogens with zero attached hydrogens (tertiary/aromatic N) is 3. The third-order valence-electron chi connectivity index (χ3n) is 4.11. The SMILES string of the molecule is Cc1cc(-c2cnnc(Cl)c2)ccc1CNC(=O)c1cnc(C(C)(C)C)s1. The number of hydrogen-bond acceptors (Lipinski definition) is 5. The fraction of sp³-hybridized carbons (Fsp3) is 0.300. The summed E-state index contributed by atoms with van der Waals surface area (Å²) in [6.45, 7) is 8.74. The number of halogens is 1. The van der Waals surface area contributed by atoms with Gasteiger partial charge >= 0.3 is 0 Å². The van der Waals surface area contributed by atoms with Crippen LogP contribution in [-0.2, 0) is 12.0 Å².